The first-order valence-corrected chi connectivity index (χ1v) is 7.17. The van der Waals surface area contributed by atoms with Crippen LogP contribution in [-0.4, -0.2) is 31.3 Å². The number of aromatic nitrogens is 1. The zero-order valence-electron chi connectivity index (χ0n) is 10.1. The maximum atomic E-state index is 12.2. The second kappa shape index (κ2) is 5.15. The molecule has 0 bridgehead atoms. The van der Waals surface area contributed by atoms with Crippen LogP contribution in [0.25, 0.3) is 10.9 Å². The van der Waals surface area contributed by atoms with E-state index in [9.17, 15) is 4.79 Å². The van der Waals surface area contributed by atoms with E-state index in [-0.39, 0.29) is 5.43 Å². The first-order chi connectivity index (χ1) is 9.15. The fourth-order valence-corrected chi connectivity index (χ4v) is 3.15. The number of hydrogen-bond acceptors (Lipinski definition) is 3. The zero-order valence-corrected chi connectivity index (χ0v) is 12.4. The normalized spacial score (nSPS) is 16.0. The second-order valence-electron chi connectivity index (χ2n) is 4.43. The highest BCUT2D eigenvalue weighted by atomic mass is 79.9. The minimum Gasteiger partial charge on any atom is -0.378 e. The van der Waals surface area contributed by atoms with Crippen molar-refractivity contribution in [2.24, 2.45) is 0 Å². The SMILES string of the molecule is O=c1cc(N2CCOCC2)[nH]c2c(Br)cc(Cl)cc12. The molecule has 0 saturated carbocycles. The molecule has 0 radical (unpaired) electrons. The third-order valence-corrected chi connectivity index (χ3v) is 4.04. The number of H-pyrrole nitrogens is 1. The molecule has 2 aromatic rings. The van der Waals surface area contributed by atoms with E-state index in [2.05, 4.69) is 25.8 Å². The molecule has 4 nitrogen and oxygen atoms in total. The van der Waals surface area contributed by atoms with Crippen LogP contribution in [0.3, 0.4) is 0 Å². The van der Waals surface area contributed by atoms with Crippen molar-refractivity contribution in [1.29, 1.82) is 0 Å². The molecule has 2 heterocycles. The molecule has 6 heteroatoms. The van der Waals surface area contributed by atoms with Gasteiger partial charge in [0.1, 0.15) is 5.82 Å². The van der Waals surface area contributed by atoms with E-state index < -0.39 is 0 Å². The number of benzene rings is 1. The molecule has 1 N–H and O–H groups in total. The molecule has 1 aromatic heterocycles. The first kappa shape index (κ1) is 13.0. The van der Waals surface area contributed by atoms with Crippen LogP contribution in [-0.2, 0) is 4.74 Å². The second-order valence-corrected chi connectivity index (χ2v) is 5.72. The lowest BCUT2D eigenvalue weighted by Gasteiger charge is -2.28. The highest BCUT2D eigenvalue weighted by molar-refractivity contribution is 9.10. The van der Waals surface area contributed by atoms with Crippen LogP contribution in [0.1, 0.15) is 0 Å². The van der Waals surface area contributed by atoms with Gasteiger partial charge in [-0.3, -0.25) is 4.79 Å². The molecule has 3 rings (SSSR count). The largest absolute Gasteiger partial charge is 0.378 e. The number of fused-ring (bicyclic) bond motifs is 1. The Morgan fingerprint density at radius 1 is 1.26 bits per heavy atom. The van der Waals surface area contributed by atoms with Crippen molar-refractivity contribution >= 4 is 44.3 Å². The maximum Gasteiger partial charge on any atom is 0.191 e. The van der Waals surface area contributed by atoms with Gasteiger partial charge in [0, 0.05) is 34.0 Å². The number of nitrogens with zero attached hydrogens (tertiary/aromatic N) is 1. The lowest BCUT2D eigenvalue weighted by Crippen LogP contribution is -2.37. The maximum absolute atomic E-state index is 12.2. The molecule has 0 amide bonds. The summed E-state index contributed by atoms with van der Waals surface area (Å²) in [6.45, 7) is 2.93. The van der Waals surface area contributed by atoms with Crippen LogP contribution in [0.15, 0.2) is 27.5 Å². The Hall–Kier alpha value is -1.04. The molecule has 1 aliphatic heterocycles. The fourth-order valence-electron chi connectivity index (χ4n) is 2.24. The summed E-state index contributed by atoms with van der Waals surface area (Å²) in [4.78, 5) is 17.6. The van der Waals surface area contributed by atoms with Gasteiger partial charge in [0.25, 0.3) is 0 Å². The van der Waals surface area contributed by atoms with E-state index in [0.29, 0.717) is 23.6 Å². The molecule has 100 valence electrons. The summed E-state index contributed by atoms with van der Waals surface area (Å²) in [7, 11) is 0. The fraction of sp³-hybridized carbons (Fsp3) is 0.308. The number of halogens is 2. The van der Waals surface area contributed by atoms with E-state index in [0.717, 1.165) is 28.9 Å². The summed E-state index contributed by atoms with van der Waals surface area (Å²) in [5.74, 6) is 0.823. The van der Waals surface area contributed by atoms with Crippen molar-refractivity contribution in [3.63, 3.8) is 0 Å². The van der Waals surface area contributed by atoms with Gasteiger partial charge >= 0.3 is 0 Å². The molecule has 19 heavy (non-hydrogen) atoms. The third-order valence-electron chi connectivity index (χ3n) is 3.19. The van der Waals surface area contributed by atoms with Gasteiger partial charge in [-0.2, -0.15) is 0 Å². The molecule has 0 unspecified atom stereocenters. The van der Waals surface area contributed by atoms with Crippen molar-refractivity contribution in [3.8, 4) is 0 Å². The van der Waals surface area contributed by atoms with Crippen molar-refractivity contribution in [1.82, 2.24) is 4.98 Å². The van der Waals surface area contributed by atoms with Gasteiger partial charge in [-0.05, 0) is 28.1 Å². The monoisotopic (exact) mass is 342 g/mol. The van der Waals surface area contributed by atoms with E-state index in [1.807, 2.05) is 0 Å². The van der Waals surface area contributed by atoms with Gasteiger partial charge in [-0.25, -0.2) is 0 Å². The van der Waals surface area contributed by atoms with Crippen molar-refractivity contribution in [3.05, 3.63) is 37.9 Å². The molecule has 1 aromatic carbocycles. The molecular formula is C13H12BrClN2O2. The van der Waals surface area contributed by atoms with Crippen molar-refractivity contribution in [2.45, 2.75) is 0 Å². The quantitative estimate of drug-likeness (QED) is 0.866. The summed E-state index contributed by atoms with van der Waals surface area (Å²) in [6.07, 6.45) is 0. The Labute approximate surface area is 123 Å². The average molecular weight is 344 g/mol. The van der Waals surface area contributed by atoms with Gasteiger partial charge in [0.2, 0.25) is 0 Å². The number of nitrogens with one attached hydrogen (secondary N) is 1. The Bertz CT molecular complexity index is 680. The summed E-state index contributed by atoms with van der Waals surface area (Å²) in [6, 6.07) is 5.09. The summed E-state index contributed by atoms with van der Waals surface area (Å²) in [5, 5.41) is 1.14. The molecular weight excluding hydrogens is 332 g/mol. The minimum atomic E-state index is -0.0292. The van der Waals surface area contributed by atoms with Crippen LogP contribution in [0, 0.1) is 0 Å². The standard InChI is InChI=1S/C13H12BrClN2O2/c14-10-6-8(15)5-9-11(18)7-12(16-13(9)10)17-1-3-19-4-2-17/h5-7H,1-4H2,(H,16,18). The van der Waals surface area contributed by atoms with Crippen LogP contribution >= 0.6 is 27.5 Å². The Balaban J connectivity index is 2.15. The van der Waals surface area contributed by atoms with Crippen molar-refractivity contribution in [2.75, 3.05) is 31.2 Å². The first-order valence-electron chi connectivity index (χ1n) is 6.00. The number of morpholine rings is 1. The van der Waals surface area contributed by atoms with Gasteiger partial charge in [0.15, 0.2) is 5.43 Å². The predicted molar refractivity (Wildman–Crippen MR) is 80.3 cm³/mol. The Morgan fingerprint density at radius 3 is 2.74 bits per heavy atom. The molecule has 1 aliphatic rings. The van der Waals surface area contributed by atoms with Gasteiger partial charge in [-0.1, -0.05) is 11.6 Å². The summed E-state index contributed by atoms with van der Waals surface area (Å²) in [5.41, 5.74) is 0.747. The van der Waals surface area contributed by atoms with E-state index >= 15 is 0 Å². The molecule has 1 fully saturated rings. The lowest BCUT2D eigenvalue weighted by molar-refractivity contribution is 0.122. The number of hydrogen-bond donors (Lipinski definition) is 1. The summed E-state index contributed by atoms with van der Waals surface area (Å²) < 4.78 is 6.11. The van der Waals surface area contributed by atoms with Gasteiger partial charge < -0.3 is 14.6 Å². The third kappa shape index (κ3) is 2.50. The topological polar surface area (TPSA) is 45.3 Å². The average Bonchev–Trinajstić information content (AvgIpc) is 2.41. The smallest absolute Gasteiger partial charge is 0.191 e. The molecule has 0 spiro atoms. The zero-order chi connectivity index (χ0) is 13.4. The predicted octanol–water partition coefficient (Wildman–Crippen LogP) is 2.78. The van der Waals surface area contributed by atoms with E-state index in [1.165, 1.54) is 0 Å². The van der Waals surface area contributed by atoms with E-state index in [4.69, 9.17) is 16.3 Å². The van der Waals surface area contributed by atoms with Crippen LogP contribution < -0.4 is 10.3 Å². The van der Waals surface area contributed by atoms with Gasteiger partial charge in [-0.15, -0.1) is 0 Å². The lowest BCUT2D eigenvalue weighted by atomic mass is 10.2. The highest BCUT2D eigenvalue weighted by Gasteiger charge is 2.14. The number of rotatable bonds is 1. The molecule has 0 aliphatic carbocycles. The van der Waals surface area contributed by atoms with E-state index in [1.54, 1.807) is 18.2 Å². The number of ether oxygens (including phenoxy) is 1. The minimum absolute atomic E-state index is 0.0292. The van der Waals surface area contributed by atoms with Crippen LogP contribution in [0.5, 0.6) is 0 Å². The number of anilines is 1. The van der Waals surface area contributed by atoms with Crippen LogP contribution in [0.2, 0.25) is 5.02 Å². The number of pyridine rings is 1. The highest BCUT2D eigenvalue weighted by Crippen LogP contribution is 2.26. The Morgan fingerprint density at radius 2 is 2.00 bits per heavy atom. The molecule has 0 atom stereocenters. The van der Waals surface area contributed by atoms with Gasteiger partial charge in [0.05, 0.1) is 18.7 Å². The van der Waals surface area contributed by atoms with Crippen LogP contribution in [0.4, 0.5) is 5.82 Å². The van der Waals surface area contributed by atoms with Crippen molar-refractivity contribution < 1.29 is 4.74 Å². The number of aromatic amines is 1. The molecule has 1 saturated heterocycles. The summed E-state index contributed by atoms with van der Waals surface area (Å²) >= 11 is 9.42. The Kier molecular flexibility index (Phi) is 3.52.